The van der Waals surface area contributed by atoms with Crippen LogP contribution in [-0.4, -0.2) is 0 Å². The third-order valence-electron chi connectivity index (χ3n) is 0.250. The Balaban J connectivity index is -0.0000000450. The standard InChI is InChI=1S/C4H8.2Na/c1-3-4-2;;/h1-4H2;;/q-2;2*+1. The maximum absolute atomic E-state index is 3.54. The zero-order chi connectivity index (χ0) is 3.41. The fourth-order valence-electron chi connectivity index (χ4n) is 0. The van der Waals surface area contributed by atoms with Crippen LogP contribution in [0.3, 0.4) is 0 Å². The number of unbranched alkanes of at least 4 members (excludes halogenated alkanes) is 1. The van der Waals surface area contributed by atoms with Crippen molar-refractivity contribution in [2.45, 2.75) is 12.8 Å². The van der Waals surface area contributed by atoms with Crippen molar-refractivity contribution < 1.29 is 59.1 Å². The van der Waals surface area contributed by atoms with E-state index in [9.17, 15) is 0 Å². The molecule has 0 radical (unpaired) electrons. The summed E-state index contributed by atoms with van der Waals surface area (Å²) in [6, 6.07) is 0. The quantitative estimate of drug-likeness (QED) is 0.231. The molecule has 0 saturated carbocycles. The van der Waals surface area contributed by atoms with E-state index in [1.165, 1.54) is 0 Å². The monoisotopic (exact) mass is 102 g/mol. The van der Waals surface area contributed by atoms with Gasteiger partial charge in [-0.05, 0) is 0 Å². The smallest absolute Gasteiger partial charge is 0.346 e. The summed E-state index contributed by atoms with van der Waals surface area (Å²) in [7, 11) is 0. The molecule has 0 aromatic rings. The van der Waals surface area contributed by atoms with Crippen molar-refractivity contribution in [3.63, 3.8) is 0 Å². The van der Waals surface area contributed by atoms with Crippen molar-refractivity contribution >= 4 is 0 Å². The van der Waals surface area contributed by atoms with Crippen molar-refractivity contribution in [3.8, 4) is 0 Å². The molecule has 0 amide bonds. The summed E-state index contributed by atoms with van der Waals surface area (Å²) in [6.07, 6.45) is 1.92. The van der Waals surface area contributed by atoms with Gasteiger partial charge in [-0.2, -0.15) is 0 Å². The van der Waals surface area contributed by atoms with E-state index in [-0.39, 0.29) is 59.1 Å². The maximum atomic E-state index is 3.54. The van der Waals surface area contributed by atoms with Gasteiger partial charge < -0.3 is 13.8 Å². The first-order valence-corrected chi connectivity index (χ1v) is 1.50. The van der Waals surface area contributed by atoms with Crippen LogP contribution in [0.1, 0.15) is 12.8 Å². The molecule has 0 aromatic carbocycles. The normalized spacial score (nSPS) is 5.00. The molecule has 0 aliphatic carbocycles. The molecule has 0 N–H and O–H groups in total. The average Bonchev–Trinajstić information content (AvgIpc) is 1.37. The van der Waals surface area contributed by atoms with Gasteiger partial charge in [-0.15, -0.1) is 0 Å². The molecule has 0 spiro atoms. The SMILES string of the molecule is [CH2-]CC[CH2-].[Na+].[Na+]. The Kier molecular flexibility index (Phi) is 41.2. The van der Waals surface area contributed by atoms with Gasteiger partial charge in [0.2, 0.25) is 0 Å². The van der Waals surface area contributed by atoms with Gasteiger partial charge in [0.25, 0.3) is 0 Å². The van der Waals surface area contributed by atoms with Crippen molar-refractivity contribution in [3.05, 3.63) is 13.8 Å². The summed E-state index contributed by atoms with van der Waals surface area (Å²) in [5, 5.41) is 0. The largest absolute Gasteiger partial charge is 1.00 e. The number of rotatable bonds is 1. The summed E-state index contributed by atoms with van der Waals surface area (Å²) < 4.78 is 0. The van der Waals surface area contributed by atoms with Crippen LogP contribution in [0.4, 0.5) is 0 Å². The second-order valence-corrected chi connectivity index (χ2v) is 0.707. The van der Waals surface area contributed by atoms with Gasteiger partial charge in [-0.25, -0.2) is 12.8 Å². The van der Waals surface area contributed by atoms with Crippen molar-refractivity contribution in [2.75, 3.05) is 0 Å². The van der Waals surface area contributed by atoms with Crippen LogP contribution in [-0.2, 0) is 0 Å². The molecule has 0 heterocycles. The Labute approximate surface area is 84.7 Å². The van der Waals surface area contributed by atoms with Gasteiger partial charge in [0.1, 0.15) is 0 Å². The Morgan fingerprint density at radius 2 is 1.00 bits per heavy atom. The van der Waals surface area contributed by atoms with Crippen molar-refractivity contribution in [1.29, 1.82) is 0 Å². The van der Waals surface area contributed by atoms with Crippen LogP contribution in [0.25, 0.3) is 0 Å². The predicted octanol–water partition coefficient (Wildman–Crippen LogP) is -4.56. The maximum Gasteiger partial charge on any atom is 1.00 e. The molecule has 0 aliphatic rings. The molecule has 0 unspecified atom stereocenters. The minimum absolute atomic E-state index is 0. The molecular weight excluding hydrogens is 94.0 g/mol. The molecule has 0 fully saturated rings. The fourth-order valence-corrected chi connectivity index (χ4v) is 0. The summed E-state index contributed by atoms with van der Waals surface area (Å²) in [6.45, 7) is 7.08. The molecule has 0 saturated heterocycles. The fraction of sp³-hybridized carbons (Fsp3) is 0.500. The van der Waals surface area contributed by atoms with Crippen molar-refractivity contribution in [1.82, 2.24) is 0 Å². The first-order chi connectivity index (χ1) is 1.91. The van der Waals surface area contributed by atoms with Crippen LogP contribution < -0.4 is 59.1 Å². The van der Waals surface area contributed by atoms with Gasteiger partial charge >= 0.3 is 59.1 Å². The van der Waals surface area contributed by atoms with E-state index in [4.69, 9.17) is 0 Å². The van der Waals surface area contributed by atoms with E-state index in [1.807, 2.05) is 0 Å². The van der Waals surface area contributed by atoms with Crippen LogP contribution in [0.5, 0.6) is 0 Å². The van der Waals surface area contributed by atoms with E-state index >= 15 is 0 Å². The molecule has 0 atom stereocenters. The Morgan fingerprint density at radius 3 is 1.00 bits per heavy atom. The first-order valence-electron chi connectivity index (χ1n) is 1.50. The number of hydrogen-bond donors (Lipinski definition) is 0. The zero-order valence-corrected chi connectivity index (χ0v) is 8.83. The van der Waals surface area contributed by atoms with Gasteiger partial charge in [0.15, 0.2) is 0 Å². The van der Waals surface area contributed by atoms with E-state index < -0.39 is 0 Å². The third kappa shape index (κ3) is 16.7. The van der Waals surface area contributed by atoms with Crippen LogP contribution >= 0.6 is 0 Å². The third-order valence-corrected chi connectivity index (χ3v) is 0.250. The predicted molar refractivity (Wildman–Crippen MR) is 19.9 cm³/mol. The Hall–Kier alpha value is 2.00. The van der Waals surface area contributed by atoms with Gasteiger partial charge in [0, 0.05) is 0 Å². The van der Waals surface area contributed by atoms with Gasteiger partial charge in [-0.3, -0.25) is 0 Å². The Morgan fingerprint density at radius 1 is 0.833 bits per heavy atom. The minimum atomic E-state index is 0. The molecule has 2 heteroatoms. The summed E-state index contributed by atoms with van der Waals surface area (Å²) >= 11 is 0. The van der Waals surface area contributed by atoms with Gasteiger partial charge in [0.05, 0.1) is 0 Å². The Bertz CT molecular complexity index is 7.51. The summed E-state index contributed by atoms with van der Waals surface area (Å²) in [5.74, 6) is 0. The molecule has 0 aromatic heterocycles. The van der Waals surface area contributed by atoms with Crippen LogP contribution in [0, 0.1) is 13.8 Å². The molecule has 0 nitrogen and oxygen atoms in total. The molecule has 0 aliphatic heterocycles. The second kappa shape index (κ2) is 15.8. The summed E-state index contributed by atoms with van der Waals surface area (Å²) in [4.78, 5) is 0. The van der Waals surface area contributed by atoms with E-state index in [0.29, 0.717) is 0 Å². The molecule has 6 heavy (non-hydrogen) atoms. The van der Waals surface area contributed by atoms with E-state index in [1.54, 1.807) is 0 Å². The summed E-state index contributed by atoms with van der Waals surface area (Å²) in [5.41, 5.74) is 0. The second-order valence-electron chi connectivity index (χ2n) is 0.707. The average molecular weight is 102 g/mol. The molecule has 26 valence electrons. The molecule has 0 bridgehead atoms. The minimum Gasteiger partial charge on any atom is -0.346 e. The zero-order valence-electron chi connectivity index (χ0n) is 4.83. The topological polar surface area (TPSA) is 0 Å². The van der Waals surface area contributed by atoms with Crippen molar-refractivity contribution in [2.24, 2.45) is 0 Å². The molecule has 0 rings (SSSR count). The number of hydrogen-bond acceptors (Lipinski definition) is 0. The van der Waals surface area contributed by atoms with Gasteiger partial charge in [-0.1, -0.05) is 0 Å². The van der Waals surface area contributed by atoms with Crippen LogP contribution in [0.15, 0.2) is 0 Å². The van der Waals surface area contributed by atoms with E-state index in [2.05, 4.69) is 13.8 Å². The van der Waals surface area contributed by atoms with E-state index in [0.717, 1.165) is 12.8 Å². The molecular formula is C4H8Na2. The van der Waals surface area contributed by atoms with Crippen LogP contribution in [0.2, 0.25) is 0 Å². The first kappa shape index (κ1) is 15.7.